The predicted molar refractivity (Wildman–Crippen MR) is 65.6 cm³/mol. The summed E-state index contributed by atoms with van der Waals surface area (Å²) in [5.74, 6) is -2.80. The maximum atomic E-state index is 13.3. The Morgan fingerprint density at radius 2 is 1.95 bits per heavy atom. The van der Waals surface area contributed by atoms with Gasteiger partial charge in [-0.2, -0.15) is 13.2 Å². The van der Waals surface area contributed by atoms with Crippen molar-refractivity contribution in [2.24, 2.45) is 0 Å². The van der Waals surface area contributed by atoms with Crippen LogP contribution in [0.1, 0.15) is 29.5 Å². The van der Waals surface area contributed by atoms with Crippen LogP contribution in [0.3, 0.4) is 0 Å². The second-order valence-corrected chi connectivity index (χ2v) is 5.33. The number of nitrogens with zero attached hydrogens (tertiary/aromatic N) is 1. The Hall–Kier alpha value is -1.17. The average molecular weight is 293 g/mol. The highest BCUT2D eigenvalue weighted by Gasteiger charge is 2.37. The summed E-state index contributed by atoms with van der Waals surface area (Å²) in [5, 5.41) is 0. The van der Waals surface area contributed by atoms with Crippen LogP contribution in [-0.4, -0.2) is 23.9 Å². The molecule has 1 fully saturated rings. The SMILES string of the molecule is Cc1ccc(CN2CCCC(F)(F)C2)c(C(F)(F)F)c1. The van der Waals surface area contributed by atoms with E-state index in [0.717, 1.165) is 6.07 Å². The predicted octanol–water partition coefficient (Wildman–Crippen LogP) is 4.24. The molecule has 1 saturated heterocycles. The summed E-state index contributed by atoms with van der Waals surface area (Å²) in [7, 11) is 0. The van der Waals surface area contributed by atoms with Gasteiger partial charge < -0.3 is 0 Å². The Balaban J connectivity index is 2.21. The van der Waals surface area contributed by atoms with E-state index in [0.29, 0.717) is 18.5 Å². The van der Waals surface area contributed by atoms with Crippen molar-refractivity contribution < 1.29 is 22.0 Å². The second kappa shape index (κ2) is 5.31. The summed E-state index contributed by atoms with van der Waals surface area (Å²) in [6.45, 7) is 1.41. The minimum absolute atomic E-state index is 0.0563. The molecule has 0 unspecified atom stereocenters. The van der Waals surface area contributed by atoms with Crippen LogP contribution >= 0.6 is 0 Å². The monoisotopic (exact) mass is 293 g/mol. The molecular formula is C14H16F5N. The van der Waals surface area contributed by atoms with E-state index in [2.05, 4.69) is 0 Å². The zero-order valence-electron chi connectivity index (χ0n) is 11.1. The Bertz CT molecular complexity index is 481. The molecule has 0 aliphatic carbocycles. The Morgan fingerprint density at radius 3 is 2.55 bits per heavy atom. The highest BCUT2D eigenvalue weighted by atomic mass is 19.4. The fourth-order valence-corrected chi connectivity index (χ4v) is 2.51. The van der Waals surface area contributed by atoms with Crippen LogP contribution in [-0.2, 0) is 12.7 Å². The van der Waals surface area contributed by atoms with Crippen molar-refractivity contribution in [1.82, 2.24) is 4.90 Å². The van der Waals surface area contributed by atoms with Gasteiger partial charge in [0.1, 0.15) is 0 Å². The van der Waals surface area contributed by atoms with Gasteiger partial charge in [0, 0.05) is 13.0 Å². The molecule has 0 aromatic heterocycles. The van der Waals surface area contributed by atoms with Crippen LogP contribution in [0.4, 0.5) is 22.0 Å². The molecule has 1 aliphatic rings. The van der Waals surface area contributed by atoms with Gasteiger partial charge in [0.05, 0.1) is 12.1 Å². The van der Waals surface area contributed by atoms with E-state index in [1.54, 1.807) is 13.0 Å². The largest absolute Gasteiger partial charge is 0.416 e. The summed E-state index contributed by atoms with van der Waals surface area (Å²) >= 11 is 0. The molecule has 2 rings (SSSR count). The maximum Gasteiger partial charge on any atom is 0.416 e. The van der Waals surface area contributed by atoms with Crippen molar-refractivity contribution in [3.05, 3.63) is 34.9 Å². The molecule has 0 radical (unpaired) electrons. The minimum atomic E-state index is -4.46. The molecule has 1 heterocycles. The first-order valence-corrected chi connectivity index (χ1v) is 6.44. The zero-order valence-corrected chi connectivity index (χ0v) is 11.1. The normalized spacial score (nSPS) is 20.1. The molecule has 0 saturated carbocycles. The van der Waals surface area contributed by atoms with Crippen molar-refractivity contribution in [1.29, 1.82) is 0 Å². The molecule has 6 heteroatoms. The Kier molecular flexibility index (Phi) is 4.04. The lowest BCUT2D eigenvalue weighted by Gasteiger charge is -2.33. The molecule has 112 valence electrons. The summed E-state index contributed by atoms with van der Waals surface area (Å²) in [5.41, 5.74) is -0.169. The van der Waals surface area contributed by atoms with Gasteiger partial charge >= 0.3 is 6.18 Å². The molecule has 0 atom stereocenters. The lowest BCUT2D eigenvalue weighted by Crippen LogP contribution is -2.42. The number of piperidine rings is 1. The summed E-state index contributed by atoms with van der Waals surface area (Å²) in [6.07, 6.45) is -4.34. The second-order valence-electron chi connectivity index (χ2n) is 5.33. The third kappa shape index (κ3) is 3.69. The van der Waals surface area contributed by atoms with E-state index in [4.69, 9.17) is 0 Å². The lowest BCUT2D eigenvalue weighted by atomic mass is 10.0. The van der Waals surface area contributed by atoms with Crippen LogP contribution in [0, 0.1) is 6.92 Å². The van der Waals surface area contributed by atoms with Gasteiger partial charge in [0.25, 0.3) is 5.92 Å². The van der Waals surface area contributed by atoms with E-state index in [1.165, 1.54) is 11.0 Å². The molecule has 1 aromatic carbocycles. The Labute approximate surface area is 114 Å². The molecule has 1 aliphatic heterocycles. The van der Waals surface area contributed by atoms with Crippen molar-refractivity contribution in [2.45, 2.75) is 38.4 Å². The molecule has 0 N–H and O–H groups in total. The first-order chi connectivity index (χ1) is 9.17. The summed E-state index contributed by atoms with van der Waals surface area (Å²) in [4.78, 5) is 1.39. The quantitative estimate of drug-likeness (QED) is 0.737. The summed E-state index contributed by atoms with van der Waals surface area (Å²) in [6, 6.07) is 4.02. The smallest absolute Gasteiger partial charge is 0.293 e. The van der Waals surface area contributed by atoms with Gasteiger partial charge in [0.15, 0.2) is 0 Å². The number of aryl methyl sites for hydroxylation is 1. The lowest BCUT2D eigenvalue weighted by molar-refractivity contribution is -0.138. The van der Waals surface area contributed by atoms with Crippen molar-refractivity contribution in [2.75, 3.05) is 13.1 Å². The van der Waals surface area contributed by atoms with Crippen molar-refractivity contribution in [3.63, 3.8) is 0 Å². The van der Waals surface area contributed by atoms with Crippen LogP contribution in [0.2, 0.25) is 0 Å². The van der Waals surface area contributed by atoms with Crippen molar-refractivity contribution in [3.8, 4) is 0 Å². The van der Waals surface area contributed by atoms with Gasteiger partial charge in [-0.25, -0.2) is 8.78 Å². The molecule has 20 heavy (non-hydrogen) atoms. The minimum Gasteiger partial charge on any atom is -0.293 e. The van der Waals surface area contributed by atoms with Gasteiger partial charge in [-0.1, -0.05) is 17.7 Å². The standard InChI is InChI=1S/C14H16F5N/c1-10-3-4-11(12(7-10)14(17,18)19)8-20-6-2-5-13(15,16)9-20/h3-4,7H,2,5-6,8-9H2,1H3. The van der Waals surface area contributed by atoms with Crippen LogP contribution in [0.25, 0.3) is 0 Å². The number of alkyl halides is 5. The average Bonchev–Trinajstić information content (AvgIpc) is 2.29. The van der Waals surface area contributed by atoms with Gasteiger partial charge in [0.2, 0.25) is 0 Å². The maximum absolute atomic E-state index is 13.3. The first-order valence-electron chi connectivity index (χ1n) is 6.44. The molecule has 0 bridgehead atoms. The molecule has 1 aromatic rings. The van der Waals surface area contributed by atoms with Crippen LogP contribution in [0.15, 0.2) is 18.2 Å². The first kappa shape index (κ1) is 15.2. The fraction of sp³-hybridized carbons (Fsp3) is 0.571. The van der Waals surface area contributed by atoms with Gasteiger partial charge in [-0.15, -0.1) is 0 Å². The molecule has 1 nitrogen and oxygen atoms in total. The highest BCUT2D eigenvalue weighted by molar-refractivity contribution is 5.33. The van der Waals surface area contributed by atoms with E-state index in [1.807, 2.05) is 0 Å². The van der Waals surface area contributed by atoms with Crippen molar-refractivity contribution >= 4 is 0 Å². The number of rotatable bonds is 2. The van der Waals surface area contributed by atoms with E-state index in [-0.39, 0.29) is 18.5 Å². The zero-order chi connectivity index (χ0) is 15.0. The molecular weight excluding hydrogens is 277 g/mol. The Morgan fingerprint density at radius 1 is 1.25 bits per heavy atom. The summed E-state index contributed by atoms with van der Waals surface area (Å²) < 4.78 is 65.5. The molecule has 0 amide bonds. The number of benzene rings is 1. The topological polar surface area (TPSA) is 3.24 Å². The number of likely N-dealkylation sites (tertiary alicyclic amines) is 1. The van der Waals surface area contributed by atoms with E-state index in [9.17, 15) is 22.0 Å². The van der Waals surface area contributed by atoms with Gasteiger partial charge in [-0.05, 0) is 31.5 Å². The number of hydrogen-bond donors (Lipinski definition) is 0. The van der Waals surface area contributed by atoms with E-state index >= 15 is 0 Å². The molecule has 0 spiro atoms. The van der Waals surface area contributed by atoms with E-state index < -0.39 is 24.2 Å². The van der Waals surface area contributed by atoms with Crippen LogP contribution in [0.5, 0.6) is 0 Å². The number of halogens is 5. The fourth-order valence-electron chi connectivity index (χ4n) is 2.51. The third-order valence-electron chi connectivity index (χ3n) is 3.44. The highest BCUT2D eigenvalue weighted by Crippen LogP contribution is 2.34. The third-order valence-corrected chi connectivity index (χ3v) is 3.44. The van der Waals surface area contributed by atoms with Gasteiger partial charge in [-0.3, -0.25) is 4.90 Å². The van der Waals surface area contributed by atoms with Crippen LogP contribution < -0.4 is 0 Å². The number of hydrogen-bond acceptors (Lipinski definition) is 1.